The lowest BCUT2D eigenvalue weighted by atomic mass is 10.1. The van der Waals surface area contributed by atoms with Gasteiger partial charge in [0.25, 0.3) is 0 Å². The summed E-state index contributed by atoms with van der Waals surface area (Å²) in [7, 11) is 0. The van der Waals surface area contributed by atoms with Crippen molar-refractivity contribution in [3.8, 4) is 11.5 Å². The quantitative estimate of drug-likeness (QED) is 0.660. The molecule has 1 aromatic carbocycles. The number of nitrogens with one attached hydrogen (secondary N) is 1. The third-order valence-corrected chi connectivity index (χ3v) is 3.75. The van der Waals surface area contributed by atoms with Crippen LogP contribution in [0.5, 0.6) is 11.5 Å². The highest BCUT2D eigenvalue weighted by Gasteiger charge is 2.07. The van der Waals surface area contributed by atoms with Crippen LogP contribution in [0.4, 0.5) is 4.39 Å². The van der Waals surface area contributed by atoms with Crippen molar-refractivity contribution >= 4 is 5.70 Å². The van der Waals surface area contributed by atoms with Gasteiger partial charge in [-0.05, 0) is 55.1 Å². The Morgan fingerprint density at radius 1 is 1.32 bits per heavy atom. The molecular formula is C20H26FN3O. The van der Waals surface area contributed by atoms with E-state index in [2.05, 4.69) is 30.7 Å². The van der Waals surface area contributed by atoms with Crippen LogP contribution in [0.25, 0.3) is 5.70 Å². The number of benzene rings is 1. The second-order valence-electron chi connectivity index (χ2n) is 6.48. The van der Waals surface area contributed by atoms with Crippen LogP contribution in [-0.2, 0) is 6.54 Å². The second kappa shape index (κ2) is 9.18. The minimum Gasteiger partial charge on any atom is -0.453 e. The maximum absolute atomic E-state index is 14.2. The lowest BCUT2D eigenvalue weighted by molar-refractivity contribution is 0.439. The van der Waals surface area contributed by atoms with Gasteiger partial charge < -0.3 is 15.8 Å². The Morgan fingerprint density at radius 2 is 2.12 bits per heavy atom. The van der Waals surface area contributed by atoms with E-state index in [9.17, 15) is 4.39 Å². The number of halogens is 1. The van der Waals surface area contributed by atoms with Crippen LogP contribution in [0, 0.1) is 11.7 Å². The fraction of sp³-hybridized carbons (Fsp3) is 0.350. The first-order chi connectivity index (χ1) is 12.0. The smallest absolute Gasteiger partial charge is 0.166 e. The number of hydrogen-bond acceptors (Lipinski definition) is 4. The molecule has 1 heterocycles. The van der Waals surface area contributed by atoms with Crippen molar-refractivity contribution in [3.05, 3.63) is 60.2 Å². The van der Waals surface area contributed by atoms with Crippen LogP contribution in [-0.4, -0.2) is 11.5 Å². The predicted octanol–water partition coefficient (Wildman–Crippen LogP) is 4.47. The molecule has 0 saturated carbocycles. The fourth-order valence-corrected chi connectivity index (χ4v) is 2.36. The third-order valence-electron chi connectivity index (χ3n) is 3.75. The summed E-state index contributed by atoms with van der Waals surface area (Å²) in [5, 5.41) is 3.33. The molecule has 134 valence electrons. The van der Waals surface area contributed by atoms with E-state index in [-0.39, 0.29) is 5.75 Å². The zero-order chi connectivity index (χ0) is 18.2. The molecule has 5 heteroatoms. The zero-order valence-electron chi connectivity index (χ0n) is 14.9. The Bertz CT molecular complexity index is 699. The number of hydrogen-bond donors (Lipinski definition) is 2. The molecule has 4 nitrogen and oxygen atoms in total. The molecule has 0 atom stereocenters. The van der Waals surface area contributed by atoms with E-state index >= 15 is 0 Å². The summed E-state index contributed by atoms with van der Waals surface area (Å²) in [4.78, 5) is 4.11. The van der Waals surface area contributed by atoms with E-state index in [1.165, 1.54) is 18.7 Å². The van der Waals surface area contributed by atoms with Crippen LogP contribution in [0.3, 0.4) is 0 Å². The lowest BCUT2D eigenvalue weighted by Gasteiger charge is -2.10. The number of aromatic nitrogens is 1. The van der Waals surface area contributed by atoms with Crippen molar-refractivity contribution in [2.75, 3.05) is 6.54 Å². The second-order valence-corrected chi connectivity index (χ2v) is 6.48. The predicted molar refractivity (Wildman–Crippen MR) is 99.7 cm³/mol. The molecule has 0 aliphatic rings. The molecule has 3 N–H and O–H groups in total. The van der Waals surface area contributed by atoms with E-state index < -0.39 is 5.82 Å². The molecule has 0 unspecified atom stereocenters. The van der Waals surface area contributed by atoms with Crippen LogP contribution in [0.1, 0.15) is 37.9 Å². The lowest BCUT2D eigenvalue weighted by Crippen LogP contribution is -2.15. The van der Waals surface area contributed by atoms with E-state index in [1.807, 2.05) is 6.07 Å². The van der Waals surface area contributed by atoms with Crippen LogP contribution in [0.15, 0.2) is 43.1 Å². The van der Waals surface area contributed by atoms with Crippen LogP contribution in [0.2, 0.25) is 0 Å². The van der Waals surface area contributed by atoms with Gasteiger partial charge in [0.15, 0.2) is 11.6 Å². The zero-order valence-corrected chi connectivity index (χ0v) is 14.9. The summed E-state index contributed by atoms with van der Waals surface area (Å²) in [6.45, 7) is 9.62. The molecule has 0 fully saturated rings. The maximum atomic E-state index is 14.2. The van der Waals surface area contributed by atoms with Gasteiger partial charge in [0.05, 0.1) is 17.6 Å². The first-order valence-corrected chi connectivity index (χ1v) is 8.53. The highest BCUT2D eigenvalue weighted by Crippen LogP contribution is 2.25. The highest BCUT2D eigenvalue weighted by molar-refractivity contribution is 5.56. The highest BCUT2D eigenvalue weighted by atomic mass is 19.1. The van der Waals surface area contributed by atoms with Crippen LogP contribution >= 0.6 is 0 Å². The van der Waals surface area contributed by atoms with Crippen molar-refractivity contribution in [3.63, 3.8) is 0 Å². The molecule has 1 aromatic heterocycles. The first kappa shape index (κ1) is 18.9. The normalized spacial score (nSPS) is 10.9. The van der Waals surface area contributed by atoms with Crippen LogP contribution < -0.4 is 15.8 Å². The summed E-state index contributed by atoms with van der Waals surface area (Å²) >= 11 is 0. The molecule has 2 aromatic rings. The molecule has 25 heavy (non-hydrogen) atoms. The standard InChI is InChI=1S/C20H26FN3O/c1-14(2)5-4-10-23-12-16-6-9-20(18(21)11-16)25-17-7-8-19(15(3)22)24-13-17/h6-9,11,13-14,23H,3-5,10,12,22H2,1-2H3. The average Bonchev–Trinajstić information content (AvgIpc) is 2.57. The molecule has 0 bridgehead atoms. The maximum Gasteiger partial charge on any atom is 0.166 e. The minimum absolute atomic E-state index is 0.171. The molecular weight excluding hydrogens is 317 g/mol. The summed E-state index contributed by atoms with van der Waals surface area (Å²) < 4.78 is 19.8. The Kier molecular flexibility index (Phi) is 6.95. The molecule has 0 aliphatic carbocycles. The Hall–Kier alpha value is -2.40. The van der Waals surface area contributed by atoms with Crippen molar-refractivity contribution in [2.24, 2.45) is 11.7 Å². The molecule has 0 saturated heterocycles. The van der Waals surface area contributed by atoms with Gasteiger partial charge in [0, 0.05) is 6.54 Å². The van der Waals surface area contributed by atoms with E-state index in [1.54, 1.807) is 18.2 Å². The largest absolute Gasteiger partial charge is 0.453 e. The number of nitrogens with two attached hydrogens (primary N) is 1. The van der Waals surface area contributed by atoms with Gasteiger partial charge in [-0.25, -0.2) is 4.39 Å². The Morgan fingerprint density at radius 3 is 2.72 bits per heavy atom. The first-order valence-electron chi connectivity index (χ1n) is 8.53. The molecule has 2 rings (SSSR count). The summed E-state index contributed by atoms with van der Waals surface area (Å²) in [5.74, 6) is 0.934. The van der Waals surface area contributed by atoms with Gasteiger partial charge in [-0.3, -0.25) is 4.98 Å². The van der Waals surface area contributed by atoms with Gasteiger partial charge >= 0.3 is 0 Å². The molecule has 0 amide bonds. The van der Waals surface area contributed by atoms with Gasteiger partial charge in [-0.15, -0.1) is 0 Å². The fourth-order valence-electron chi connectivity index (χ4n) is 2.36. The molecule has 0 spiro atoms. The van der Waals surface area contributed by atoms with E-state index in [0.29, 0.717) is 29.6 Å². The van der Waals surface area contributed by atoms with Crippen molar-refractivity contribution < 1.29 is 9.13 Å². The number of pyridine rings is 1. The molecule has 0 aliphatic heterocycles. The average molecular weight is 343 g/mol. The monoisotopic (exact) mass is 343 g/mol. The Labute approximate surface area is 148 Å². The van der Waals surface area contributed by atoms with Gasteiger partial charge in [0.2, 0.25) is 0 Å². The summed E-state index contributed by atoms with van der Waals surface area (Å²) in [6, 6.07) is 8.36. The van der Waals surface area contributed by atoms with E-state index in [0.717, 1.165) is 18.5 Å². The van der Waals surface area contributed by atoms with Crippen molar-refractivity contribution in [2.45, 2.75) is 33.2 Å². The number of ether oxygens (including phenoxy) is 1. The van der Waals surface area contributed by atoms with Gasteiger partial charge in [-0.2, -0.15) is 0 Å². The SMILES string of the molecule is C=C(N)c1ccc(Oc2ccc(CNCCCC(C)C)cc2F)cn1. The van der Waals surface area contributed by atoms with Gasteiger partial charge in [-0.1, -0.05) is 26.5 Å². The number of rotatable bonds is 9. The molecule has 0 radical (unpaired) electrons. The van der Waals surface area contributed by atoms with Crippen molar-refractivity contribution in [1.29, 1.82) is 0 Å². The number of nitrogens with zero attached hydrogens (tertiary/aromatic N) is 1. The topological polar surface area (TPSA) is 60.2 Å². The minimum atomic E-state index is -0.395. The van der Waals surface area contributed by atoms with E-state index in [4.69, 9.17) is 10.5 Å². The third kappa shape index (κ3) is 6.19. The summed E-state index contributed by atoms with van der Waals surface area (Å²) in [6.07, 6.45) is 3.81. The van der Waals surface area contributed by atoms with Gasteiger partial charge in [0.1, 0.15) is 5.75 Å². The summed E-state index contributed by atoms with van der Waals surface area (Å²) in [5.41, 5.74) is 7.41. The Balaban J connectivity index is 1.89. The van der Waals surface area contributed by atoms with Crippen molar-refractivity contribution in [1.82, 2.24) is 10.3 Å².